The third kappa shape index (κ3) is 4.05. The third-order valence-electron chi connectivity index (χ3n) is 2.47. The molecule has 96 valence electrons. The Labute approximate surface area is 106 Å². The van der Waals surface area contributed by atoms with E-state index in [2.05, 4.69) is 0 Å². The van der Waals surface area contributed by atoms with Gasteiger partial charge in [-0.3, -0.25) is 0 Å². The van der Waals surface area contributed by atoms with Crippen LogP contribution >= 0.6 is 0 Å². The highest BCUT2D eigenvalue weighted by Gasteiger charge is 2.14. The van der Waals surface area contributed by atoms with Gasteiger partial charge in [0.05, 0.1) is 11.7 Å². The molecule has 0 aliphatic rings. The summed E-state index contributed by atoms with van der Waals surface area (Å²) in [5, 5.41) is 9.09. The number of rotatable bonds is 5. The Hall–Kier alpha value is -2.10. The molecule has 0 bridgehead atoms. The summed E-state index contributed by atoms with van der Waals surface area (Å²) in [6.07, 6.45) is 1.48. The molecule has 0 radical (unpaired) electrons. The lowest BCUT2D eigenvalue weighted by Crippen LogP contribution is -2.13. The lowest BCUT2D eigenvalue weighted by atomic mass is 10.1. The van der Waals surface area contributed by atoms with Crippen LogP contribution in [0.1, 0.15) is 25.8 Å². The van der Waals surface area contributed by atoms with Crippen molar-refractivity contribution in [1.29, 1.82) is 0 Å². The quantitative estimate of drug-likeness (QED) is 0.642. The van der Waals surface area contributed by atoms with Gasteiger partial charge in [-0.05, 0) is 18.9 Å². The molecule has 1 rings (SSSR count). The molecule has 0 saturated carbocycles. The molecule has 0 saturated heterocycles. The first kappa shape index (κ1) is 14.0. The van der Waals surface area contributed by atoms with E-state index in [4.69, 9.17) is 9.84 Å². The van der Waals surface area contributed by atoms with Crippen LogP contribution in [-0.2, 0) is 14.3 Å². The predicted octanol–water partition coefficient (Wildman–Crippen LogP) is 2.50. The molecule has 0 fully saturated rings. The van der Waals surface area contributed by atoms with E-state index < -0.39 is 11.9 Å². The molecular formula is C14H16O4. The van der Waals surface area contributed by atoms with Gasteiger partial charge in [-0.15, -0.1) is 0 Å². The first-order valence-corrected chi connectivity index (χ1v) is 5.75. The Morgan fingerprint density at radius 2 is 1.94 bits per heavy atom. The van der Waals surface area contributed by atoms with Crippen molar-refractivity contribution in [2.24, 2.45) is 0 Å². The van der Waals surface area contributed by atoms with Gasteiger partial charge in [0.2, 0.25) is 0 Å². The number of benzene rings is 1. The van der Waals surface area contributed by atoms with E-state index in [1.807, 2.05) is 6.92 Å². The maximum Gasteiger partial charge on any atom is 0.336 e. The van der Waals surface area contributed by atoms with Crippen LogP contribution in [0.2, 0.25) is 0 Å². The third-order valence-corrected chi connectivity index (χ3v) is 2.47. The second kappa shape index (κ2) is 6.59. The smallest absolute Gasteiger partial charge is 0.336 e. The Kier molecular flexibility index (Phi) is 5.11. The molecule has 1 aromatic rings. The van der Waals surface area contributed by atoms with Crippen molar-refractivity contribution in [3.63, 3.8) is 0 Å². The van der Waals surface area contributed by atoms with E-state index in [1.54, 1.807) is 37.3 Å². The Morgan fingerprint density at radius 1 is 1.33 bits per heavy atom. The second-order valence-corrected chi connectivity index (χ2v) is 3.88. The fourth-order valence-electron chi connectivity index (χ4n) is 1.32. The highest BCUT2D eigenvalue weighted by Crippen LogP contribution is 2.14. The molecule has 0 amide bonds. The number of esters is 1. The number of carboxylic acids is 1. The molecule has 0 aliphatic heterocycles. The van der Waals surface area contributed by atoms with Gasteiger partial charge in [0.15, 0.2) is 0 Å². The van der Waals surface area contributed by atoms with Crippen LogP contribution in [0.4, 0.5) is 0 Å². The van der Waals surface area contributed by atoms with Crippen molar-refractivity contribution in [2.45, 2.75) is 26.4 Å². The molecule has 18 heavy (non-hydrogen) atoms. The number of aliphatic carboxylic acids is 1. The summed E-state index contributed by atoms with van der Waals surface area (Å²) in [4.78, 5) is 22.7. The van der Waals surface area contributed by atoms with Gasteiger partial charge >= 0.3 is 11.9 Å². The average Bonchev–Trinajstić information content (AvgIpc) is 2.36. The number of hydrogen-bond donors (Lipinski definition) is 1. The molecule has 0 aromatic heterocycles. The van der Waals surface area contributed by atoms with E-state index in [-0.39, 0.29) is 11.7 Å². The summed E-state index contributed by atoms with van der Waals surface area (Å²) in [5.74, 6) is -1.78. The molecule has 1 unspecified atom stereocenters. The van der Waals surface area contributed by atoms with Crippen molar-refractivity contribution in [1.82, 2.24) is 0 Å². The van der Waals surface area contributed by atoms with Gasteiger partial charge in [0.1, 0.15) is 0 Å². The van der Waals surface area contributed by atoms with Crippen molar-refractivity contribution in [3.05, 3.63) is 42.0 Å². The SMILES string of the molecule is CCC(C)OC(=O)C=C(C(=O)O)c1ccccc1. The van der Waals surface area contributed by atoms with Gasteiger partial charge in [0, 0.05) is 6.08 Å². The standard InChI is InChI=1S/C14H16O4/c1-3-10(2)18-13(15)9-12(14(16)17)11-7-5-4-6-8-11/h4-10H,3H2,1-2H3,(H,16,17). The molecular weight excluding hydrogens is 232 g/mol. The van der Waals surface area contributed by atoms with Crippen molar-refractivity contribution < 1.29 is 19.4 Å². The maximum absolute atomic E-state index is 11.5. The minimum atomic E-state index is -1.15. The highest BCUT2D eigenvalue weighted by molar-refractivity contribution is 6.19. The molecule has 0 spiro atoms. The lowest BCUT2D eigenvalue weighted by Gasteiger charge is -2.09. The van der Waals surface area contributed by atoms with Crippen LogP contribution in [-0.4, -0.2) is 23.1 Å². The maximum atomic E-state index is 11.5. The second-order valence-electron chi connectivity index (χ2n) is 3.88. The van der Waals surface area contributed by atoms with Gasteiger partial charge < -0.3 is 9.84 Å². The van der Waals surface area contributed by atoms with Crippen molar-refractivity contribution in [2.75, 3.05) is 0 Å². The largest absolute Gasteiger partial charge is 0.478 e. The van der Waals surface area contributed by atoms with Crippen LogP contribution in [0, 0.1) is 0 Å². The molecule has 1 N–H and O–H groups in total. The summed E-state index contributed by atoms with van der Waals surface area (Å²) >= 11 is 0. The van der Waals surface area contributed by atoms with Crippen LogP contribution in [0.25, 0.3) is 5.57 Å². The summed E-state index contributed by atoms with van der Waals surface area (Å²) in [7, 11) is 0. The molecule has 4 heteroatoms. The fourth-order valence-corrected chi connectivity index (χ4v) is 1.32. The van der Waals surface area contributed by atoms with E-state index >= 15 is 0 Å². The number of carbonyl (C=O) groups excluding carboxylic acids is 1. The summed E-state index contributed by atoms with van der Waals surface area (Å²) in [6.45, 7) is 3.64. The molecule has 4 nitrogen and oxygen atoms in total. The van der Waals surface area contributed by atoms with E-state index in [9.17, 15) is 9.59 Å². The zero-order valence-corrected chi connectivity index (χ0v) is 10.4. The number of ether oxygens (including phenoxy) is 1. The average molecular weight is 248 g/mol. The summed E-state index contributed by atoms with van der Waals surface area (Å²) in [6, 6.07) is 8.48. The number of carboxylic acid groups (broad SMARTS) is 1. The van der Waals surface area contributed by atoms with Gasteiger partial charge in [0.25, 0.3) is 0 Å². The van der Waals surface area contributed by atoms with Crippen molar-refractivity contribution in [3.8, 4) is 0 Å². The minimum Gasteiger partial charge on any atom is -0.478 e. The van der Waals surface area contributed by atoms with Gasteiger partial charge in [-0.25, -0.2) is 9.59 Å². The van der Waals surface area contributed by atoms with Crippen LogP contribution in [0.5, 0.6) is 0 Å². The van der Waals surface area contributed by atoms with E-state index in [0.717, 1.165) is 6.08 Å². The predicted molar refractivity (Wildman–Crippen MR) is 67.9 cm³/mol. The van der Waals surface area contributed by atoms with Crippen molar-refractivity contribution >= 4 is 17.5 Å². The fraction of sp³-hybridized carbons (Fsp3) is 0.286. The zero-order chi connectivity index (χ0) is 13.5. The summed E-state index contributed by atoms with van der Waals surface area (Å²) in [5.41, 5.74) is 0.412. The number of carbonyl (C=O) groups is 2. The van der Waals surface area contributed by atoms with Crippen LogP contribution in [0.3, 0.4) is 0 Å². The molecule has 1 aromatic carbocycles. The normalized spacial score (nSPS) is 12.9. The number of hydrogen-bond acceptors (Lipinski definition) is 3. The van der Waals surface area contributed by atoms with Gasteiger partial charge in [-0.2, -0.15) is 0 Å². The zero-order valence-electron chi connectivity index (χ0n) is 10.4. The molecule has 1 atom stereocenters. The van der Waals surface area contributed by atoms with Crippen LogP contribution < -0.4 is 0 Å². The molecule has 0 heterocycles. The highest BCUT2D eigenvalue weighted by atomic mass is 16.5. The topological polar surface area (TPSA) is 63.6 Å². The lowest BCUT2D eigenvalue weighted by molar-refractivity contribution is -0.142. The minimum absolute atomic E-state index is 0.0658. The first-order valence-electron chi connectivity index (χ1n) is 5.75. The Bertz CT molecular complexity index is 448. The Balaban J connectivity index is 2.93. The first-order chi connectivity index (χ1) is 8.54. The molecule has 0 aliphatic carbocycles. The monoisotopic (exact) mass is 248 g/mol. The van der Waals surface area contributed by atoms with E-state index in [1.165, 1.54) is 0 Å². The van der Waals surface area contributed by atoms with Crippen LogP contribution in [0.15, 0.2) is 36.4 Å². The van der Waals surface area contributed by atoms with E-state index in [0.29, 0.717) is 12.0 Å². The summed E-state index contributed by atoms with van der Waals surface area (Å²) < 4.78 is 5.02. The Morgan fingerprint density at radius 3 is 2.44 bits per heavy atom. The van der Waals surface area contributed by atoms with Gasteiger partial charge in [-0.1, -0.05) is 37.3 Å².